The van der Waals surface area contributed by atoms with Gasteiger partial charge in [0.2, 0.25) is 0 Å². The zero-order valence-electron chi connectivity index (χ0n) is 12.8. The molecule has 2 aromatic heterocycles. The molecule has 126 valence electrons. The maximum atomic E-state index is 13.2. The fourth-order valence-electron chi connectivity index (χ4n) is 2.17. The van der Waals surface area contributed by atoms with Crippen molar-refractivity contribution < 1.29 is 13.6 Å². The predicted molar refractivity (Wildman–Crippen MR) is 85.6 cm³/mol. The minimum Gasteiger partial charge on any atom is -0.348 e. The first kappa shape index (κ1) is 16.4. The van der Waals surface area contributed by atoms with Crippen LogP contribution in [0.3, 0.4) is 0 Å². The molecule has 0 atom stereocenters. The first-order valence-electron chi connectivity index (χ1n) is 7.27. The number of H-pyrrole nitrogens is 1. The van der Waals surface area contributed by atoms with E-state index in [0.717, 1.165) is 12.1 Å². The monoisotopic (exact) mass is 342 g/mol. The van der Waals surface area contributed by atoms with Crippen molar-refractivity contribution in [2.75, 3.05) is 0 Å². The van der Waals surface area contributed by atoms with Crippen molar-refractivity contribution in [2.45, 2.75) is 6.54 Å². The molecule has 6 nitrogen and oxygen atoms in total. The third-order valence-electron chi connectivity index (χ3n) is 3.46. The minimum atomic E-state index is -1.01. The second-order valence-electron chi connectivity index (χ2n) is 5.16. The van der Waals surface area contributed by atoms with E-state index < -0.39 is 23.1 Å². The van der Waals surface area contributed by atoms with E-state index in [-0.39, 0.29) is 12.1 Å². The van der Waals surface area contributed by atoms with Crippen LogP contribution < -0.4 is 10.9 Å². The van der Waals surface area contributed by atoms with Gasteiger partial charge in [-0.05, 0) is 35.9 Å². The van der Waals surface area contributed by atoms with Crippen molar-refractivity contribution in [2.24, 2.45) is 0 Å². The lowest BCUT2D eigenvalue weighted by molar-refractivity contribution is 0.0949. The van der Waals surface area contributed by atoms with Crippen LogP contribution in [0.1, 0.15) is 15.9 Å². The Hall–Kier alpha value is -3.42. The molecule has 2 N–H and O–H groups in total. The largest absolute Gasteiger partial charge is 0.348 e. The van der Waals surface area contributed by atoms with Gasteiger partial charge in [-0.25, -0.2) is 13.9 Å². The minimum absolute atomic E-state index is 0.0532. The zero-order valence-corrected chi connectivity index (χ0v) is 12.8. The molecule has 0 aliphatic carbocycles. The third kappa shape index (κ3) is 3.74. The van der Waals surface area contributed by atoms with Gasteiger partial charge in [-0.3, -0.25) is 14.6 Å². The molecule has 25 heavy (non-hydrogen) atoms. The Morgan fingerprint density at radius 2 is 1.84 bits per heavy atom. The lowest BCUT2D eigenvalue weighted by Gasteiger charge is -2.06. The highest BCUT2D eigenvalue weighted by atomic mass is 19.2. The van der Waals surface area contributed by atoms with E-state index in [1.54, 1.807) is 24.5 Å². The Bertz CT molecular complexity index is 974. The van der Waals surface area contributed by atoms with E-state index in [4.69, 9.17) is 0 Å². The SMILES string of the molecule is O=C(NCc1ccc(F)c(F)c1)c1cc(-c2ccncc2)n[nH]c1=O. The van der Waals surface area contributed by atoms with Crippen LogP contribution in [-0.2, 0) is 6.54 Å². The molecular formula is C17H12F2N4O2. The Balaban J connectivity index is 1.79. The Kier molecular flexibility index (Phi) is 4.60. The maximum Gasteiger partial charge on any atom is 0.277 e. The van der Waals surface area contributed by atoms with Crippen molar-refractivity contribution in [3.8, 4) is 11.3 Å². The van der Waals surface area contributed by atoms with Gasteiger partial charge >= 0.3 is 0 Å². The van der Waals surface area contributed by atoms with Crippen LogP contribution in [0.5, 0.6) is 0 Å². The number of hydrogen-bond donors (Lipinski definition) is 2. The number of rotatable bonds is 4. The first-order valence-corrected chi connectivity index (χ1v) is 7.27. The van der Waals surface area contributed by atoms with Gasteiger partial charge in [-0.1, -0.05) is 6.07 Å². The molecule has 0 unspecified atom stereocenters. The number of carbonyl (C=O) groups is 1. The number of aromatic nitrogens is 3. The summed E-state index contributed by atoms with van der Waals surface area (Å²) in [5, 5.41) is 8.65. The summed E-state index contributed by atoms with van der Waals surface area (Å²) in [6, 6.07) is 8.02. The van der Waals surface area contributed by atoms with E-state index in [2.05, 4.69) is 20.5 Å². The van der Waals surface area contributed by atoms with Crippen LogP contribution in [-0.4, -0.2) is 21.1 Å². The van der Waals surface area contributed by atoms with Crippen molar-refractivity contribution in [3.05, 3.63) is 81.9 Å². The molecule has 0 fully saturated rings. The summed E-state index contributed by atoms with van der Waals surface area (Å²) in [6.45, 7) is -0.0532. The van der Waals surface area contributed by atoms with Gasteiger partial charge in [0.25, 0.3) is 11.5 Å². The molecule has 0 spiro atoms. The molecule has 0 aliphatic heterocycles. The predicted octanol–water partition coefficient (Wildman–Crippen LogP) is 2.04. The highest BCUT2D eigenvalue weighted by Gasteiger charge is 2.13. The highest BCUT2D eigenvalue weighted by Crippen LogP contribution is 2.14. The Morgan fingerprint density at radius 3 is 2.56 bits per heavy atom. The zero-order chi connectivity index (χ0) is 17.8. The summed E-state index contributed by atoms with van der Waals surface area (Å²) in [7, 11) is 0. The van der Waals surface area contributed by atoms with E-state index in [1.165, 1.54) is 12.1 Å². The Morgan fingerprint density at radius 1 is 1.08 bits per heavy atom. The first-order chi connectivity index (χ1) is 12.0. The maximum absolute atomic E-state index is 13.2. The molecule has 0 radical (unpaired) electrons. The van der Waals surface area contributed by atoms with Gasteiger partial charge in [0, 0.05) is 24.5 Å². The molecule has 8 heteroatoms. The van der Waals surface area contributed by atoms with Gasteiger partial charge in [0.05, 0.1) is 5.69 Å². The van der Waals surface area contributed by atoms with Crippen LogP contribution in [0.2, 0.25) is 0 Å². The summed E-state index contributed by atoms with van der Waals surface area (Å²) < 4.78 is 26.1. The fraction of sp³-hybridized carbons (Fsp3) is 0.0588. The van der Waals surface area contributed by atoms with Gasteiger partial charge < -0.3 is 5.32 Å². The number of halogens is 2. The molecule has 0 aliphatic rings. The normalized spacial score (nSPS) is 10.5. The van der Waals surface area contributed by atoms with E-state index >= 15 is 0 Å². The standard InChI is InChI=1S/C17H12F2N4O2/c18-13-2-1-10(7-14(13)19)9-21-16(24)12-8-15(22-23-17(12)25)11-3-5-20-6-4-11/h1-8H,9H2,(H,21,24)(H,23,25). The number of aromatic amines is 1. The topological polar surface area (TPSA) is 87.7 Å². The molecule has 2 heterocycles. The summed E-state index contributed by atoms with van der Waals surface area (Å²) in [4.78, 5) is 28.0. The molecule has 3 aromatic rings. The number of carbonyl (C=O) groups excluding carboxylic acids is 1. The Labute approximate surface area is 140 Å². The number of pyridine rings is 1. The number of hydrogen-bond acceptors (Lipinski definition) is 4. The van der Waals surface area contributed by atoms with Crippen LogP contribution in [0.4, 0.5) is 8.78 Å². The highest BCUT2D eigenvalue weighted by molar-refractivity contribution is 5.94. The van der Waals surface area contributed by atoms with Crippen molar-refractivity contribution in [3.63, 3.8) is 0 Å². The van der Waals surface area contributed by atoms with E-state index in [0.29, 0.717) is 16.8 Å². The molecule has 1 amide bonds. The molecular weight excluding hydrogens is 330 g/mol. The van der Waals surface area contributed by atoms with Crippen LogP contribution >= 0.6 is 0 Å². The molecule has 1 aromatic carbocycles. The van der Waals surface area contributed by atoms with E-state index in [1.807, 2.05) is 0 Å². The average Bonchev–Trinajstić information content (AvgIpc) is 2.63. The number of nitrogens with zero attached hydrogens (tertiary/aromatic N) is 2. The van der Waals surface area contributed by atoms with Gasteiger partial charge in [-0.2, -0.15) is 5.10 Å². The molecule has 0 saturated heterocycles. The second-order valence-corrected chi connectivity index (χ2v) is 5.16. The van der Waals surface area contributed by atoms with E-state index in [9.17, 15) is 18.4 Å². The fourth-order valence-corrected chi connectivity index (χ4v) is 2.17. The summed E-state index contributed by atoms with van der Waals surface area (Å²) >= 11 is 0. The lowest BCUT2D eigenvalue weighted by atomic mass is 10.1. The van der Waals surface area contributed by atoms with Gasteiger partial charge in [-0.15, -0.1) is 0 Å². The summed E-state index contributed by atoms with van der Waals surface area (Å²) in [5.74, 6) is -2.63. The molecule has 0 bridgehead atoms. The lowest BCUT2D eigenvalue weighted by Crippen LogP contribution is -2.29. The number of benzene rings is 1. The third-order valence-corrected chi connectivity index (χ3v) is 3.46. The number of nitrogens with one attached hydrogen (secondary N) is 2. The molecule has 0 saturated carbocycles. The van der Waals surface area contributed by atoms with Crippen LogP contribution in [0.15, 0.2) is 53.6 Å². The second kappa shape index (κ2) is 7.00. The molecule has 3 rings (SSSR count). The van der Waals surface area contributed by atoms with Crippen LogP contribution in [0, 0.1) is 11.6 Å². The smallest absolute Gasteiger partial charge is 0.277 e. The number of amides is 1. The van der Waals surface area contributed by atoms with Crippen molar-refractivity contribution in [1.82, 2.24) is 20.5 Å². The quantitative estimate of drug-likeness (QED) is 0.759. The van der Waals surface area contributed by atoms with Gasteiger partial charge in [0.15, 0.2) is 11.6 Å². The van der Waals surface area contributed by atoms with Crippen LogP contribution in [0.25, 0.3) is 11.3 Å². The van der Waals surface area contributed by atoms with Gasteiger partial charge in [0.1, 0.15) is 5.56 Å². The summed E-state index contributed by atoms with van der Waals surface area (Å²) in [6.07, 6.45) is 3.12. The van der Waals surface area contributed by atoms with Crippen molar-refractivity contribution in [1.29, 1.82) is 0 Å². The average molecular weight is 342 g/mol. The van der Waals surface area contributed by atoms with Crippen molar-refractivity contribution >= 4 is 5.91 Å². The summed E-state index contributed by atoms with van der Waals surface area (Å²) in [5.41, 5.74) is 0.665.